The summed E-state index contributed by atoms with van der Waals surface area (Å²) in [6.45, 7) is 0.587. The van der Waals surface area contributed by atoms with E-state index in [2.05, 4.69) is 10.3 Å². The third-order valence-electron chi connectivity index (χ3n) is 6.99. The first-order valence-electron chi connectivity index (χ1n) is 12.9. The van der Waals surface area contributed by atoms with Crippen molar-refractivity contribution in [2.24, 2.45) is 16.6 Å². The largest absolute Gasteiger partial charge is 0.467 e. The summed E-state index contributed by atoms with van der Waals surface area (Å²) in [6, 6.07) is 14.2. The molecule has 0 spiro atoms. The molecule has 1 saturated carbocycles. The molecule has 1 fully saturated rings. The van der Waals surface area contributed by atoms with Gasteiger partial charge >= 0.3 is 12.1 Å². The number of carbonyl (C=O) groups is 2. The molecule has 1 heterocycles. The Morgan fingerprint density at radius 2 is 1.82 bits per heavy atom. The number of nitrogens with zero attached hydrogens (tertiary/aromatic N) is 2. The molecule has 1 aliphatic heterocycles. The van der Waals surface area contributed by atoms with Crippen LogP contribution >= 0.6 is 0 Å². The number of fused-ring (bicyclic) bond motifs is 1. The number of ether oxygens (including phenoxy) is 4. The van der Waals surface area contributed by atoms with Crippen LogP contribution in [0.4, 0.5) is 10.5 Å². The van der Waals surface area contributed by atoms with Gasteiger partial charge in [-0.15, -0.1) is 0 Å². The molecule has 2 atom stereocenters. The Hall–Kier alpha value is -3.79. The highest BCUT2D eigenvalue weighted by atomic mass is 16.6. The maximum atomic E-state index is 12.6. The van der Waals surface area contributed by atoms with E-state index in [0.717, 1.165) is 42.7 Å². The van der Waals surface area contributed by atoms with Gasteiger partial charge in [0.05, 0.1) is 25.4 Å². The monoisotopic (exact) mass is 524 g/mol. The molecule has 0 bridgehead atoms. The highest BCUT2D eigenvalue weighted by Gasteiger charge is 2.34. The van der Waals surface area contributed by atoms with Crippen LogP contribution in [0.2, 0.25) is 0 Å². The van der Waals surface area contributed by atoms with Crippen molar-refractivity contribution in [1.29, 1.82) is 0 Å². The highest BCUT2D eigenvalue weighted by Crippen LogP contribution is 2.35. The van der Waals surface area contributed by atoms with Gasteiger partial charge in [0.15, 0.2) is 12.0 Å². The lowest BCUT2D eigenvalue weighted by molar-refractivity contribution is -0.144. The fraction of sp³-hybridized carbons (Fsp3) is 0.464. The SMILES string of the molecule is COCC(NC(=O)OCC(C1CCCCC1)N1Cc2cc(Oc3ccccc3)ccc2N=C1N)C(=O)OC. The first kappa shape index (κ1) is 27.3. The molecule has 2 aromatic rings. The molecule has 204 valence electrons. The van der Waals surface area contributed by atoms with Crippen molar-refractivity contribution < 1.29 is 28.5 Å². The Morgan fingerprint density at radius 3 is 2.53 bits per heavy atom. The van der Waals surface area contributed by atoms with Crippen molar-refractivity contribution in [3.05, 3.63) is 54.1 Å². The predicted octanol–water partition coefficient (Wildman–Crippen LogP) is 4.10. The molecule has 4 rings (SSSR count). The molecule has 2 unspecified atom stereocenters. The minimum atomic E-state index is -0.956. The number of guanidine groups is 1. The van der Waals surface area contributed by atoms with Crippen LogP contribution in [0.25, 0.3) is 0 Å². The lowest BCUT2D eigenvalue weighted by Crippen LogP contribution is -2.52. The van der Waals surface area contributed by atoms with Crippen molar-refractivity contribution in [3.8, 4) is 11.5 Å². The van der Waals surface area contributed by atoms with E-state index in [1.165, 1.54) is 20.6 Å². The lowest BCUT2D eigenvalue weighted by atomic mass is 9.83. The van der Waals surface area contributed by atoms with Gasteiger partial charge in [-0.25, -0.2) is 14.6 Å². The summed E-state index contributed by atoms with van der Waals surface area (Å²) < 4.78 is 21.4. The van der Waals surface area contributed by atoms with Gasteiger partial charge in [-0.05, 0) is 49.1 Å². The third-order valence-corrected chi connectivity index (χ3v) is 6.99. The van der Waals surface area contributed by atoms with Crippen LogP contribution in [0.5, 0.6) is 11.5 Å². The van der Waals surface area contributed by atoms with Crippen molar-refractivity contribution in [2.45, 2.75) is 50.7 Å². The smallest absolute Gasteiger partial charge is 0.407 e. The maximum Gasteiger partial charge on any atom is 0.407 e. The van der Waals surface area contributed by atoms with E-state index < -0.39 is 18.1 Å². The fourth-order valence-corrected chi connectivity index (χ4v) is 5.05. The van der Waals surface area contributed by atoms with E-state index in [1.54, 1.807) is 0 Å². The fourth-order valence-electron chi connectivity index (χ4n) is 5.05. The number of carbonyl (C=O) groups excluding carboxylic acids is 2. The molecular weight excluding hydrogens is 488 g/mol. The summed E-state index contributed by atoms with van der Waals surface area (Å²) in [6.07, 6.45) is 4.72. The van der Waals surface area contributed by atoms with Crippen LogP contribution in [-0.4, -0.2) is 62.4 Å². The number of rotatable bonds is 10. The number of methoxy groups -OCH3 is 2. The molecule has 2 aromatic carbocycles. The number of esters is 1. The average Bonchev–Trinajstić information content (AvgIpc) is 2.94. The van der Waals surface area contributed by atoms with Gasteiger partial charge in [0.1, 0.15) is 18.1 Å². The second kappa shape index (κ2) is 13.1. The first-order valence-corrected chi connectivity index (χ1v) is 12.9. The summed E-state index contributed by atoms with van der Waals surface area (Å²) >= 11 is 0. The van der Waals surface area contributed by atoms with Crippen molar-refractivity contribution >= 4 is 23.7 Å². The third kappa shape index (κ3) is 6.95. The Balaban J connectivity index is 1.49. The molecule has 10 heteroatoms. The van der Waals surface area contributed by atoms with E-state index >= 15 is 0 Å². The summed E-state index contributed by atoms with van der Waals surface area (Å²) in [4.78, 5) is 31.2. The van der Waals surface area contributed by atoms with Crippen LogP contribution in [0, 0.1) is 5.92 Å². The Morgan fingerprint density at radius 1 is 1.05 bits per heavy atom. The number of alkyl carbamates (subject to hydrolysis) is 1. The zero-order chi connectivity index (χ0) is 26.9. The zero-order valence-electron chi connectivity index (χ0n) is 21.9. The van der Waals surface area contributed by atoms with Gasteiger partial charge in [-0.2, -0.15) is 0 Å². The Kier molecular flexibility index (Phi) is 9.42. The van der Waals surface area contributed by atoms with Crippen LogP contribution in [0.3, 0.4) is 0 Å². The van der Waals surface area contributed by atoms with Gasteiger partial charge in [0.2, 0.25) is 0 Å². The standard InChI is InChI=1S/C28H36N4O6/c1-35-17-24(26(33)36-2)31-28(34)37-18-25(19-9-5-3-6-10-19)32-16-20-15-22(13-14-23(20)30-27(32)29)38-21-11-7-4-8-12-21/h4,7-8,11-15,19,24-25H,3,5-6,9-10,16-18H2,1-2H3,(H2,29,30)(H,31,34). The van der Waals surface area contributed by atoms with Crippen molar-refractivity contribution in [2.75, 3.05) is 27.4 Å². The van der Waals surface area contributed by atoms with E-state index in [9.17, 15) is 9.59 Å². The molecular formula is C28H36N4O6. The number of aliphatic imine (C=N–C) groups is 1. The second-order valence-corrected chi connectivity index (χ2v) is 9.54. The molecule has 1 amide bonds. The molecule has 38 heavy (non-hydrogen) atoms. The summed E-state index contributed by atoms with van der Waals surface area (Å²) in [7, 11) is 2.69. The van der Waals surface area contributed by atoms with E-state index in [-0.39, 0.29) is 25.2 Å². The van der Waals surface area contributed by atoms with Gasteiger partial charge < -0.3 is 34.9 Å². The minimum absolute atomic E-state index is 0.0241. The minimum Gasteiger partial charge on any atom is -0.467 e. The second-order valence-electron chi connectivity index (χ2n) is 9.54. The summed E-state index contributed by atoms with van der Waals surface area (Å²) in [5.41, 5.74) is 8.23. The van der Waals surface area contributed by atoms with Crippen LogP contribution < -0.4 is 15.8 Å². The molecule has 1 aliphatic carbocycles. The number of amides is 1. The number of benzene rings is 2. The summed E-state index contributed by atoms with van der Waals surface area (Å²) in [5.74, 6) is 1.53. The van der Waals surface area contributed by atoms with Crippen LogP contribution in [-0.2, 0) is 25.5 Å². The predicted molar refractivity (Wildman–Crippen MR) is 142 cm³/mol. The van der Waals surface area contributed by atoms with Gasteiger partial charge in [0, 0.05) is 19.2 Å². The molecule has 0 aromatic heterocycles. The summed E-state index contributed by atoms with van der Waals surface area (Å²) in [5, 5.41) is 2.53. The number of nitrogens with one attached hydrogen (secondary N) is 1. The van der Waals surface area contributed by atoms with E-state index in [1.807, 2.05) is 53.4 Å². The zero-order valence-corrected chi connectivity index (χ0v) is 21.9. The Labute approximate surface area is 223 Å². The highest BCUT2D eigenvalue weighted by molar-refractivity contribution is 5.84. The number of hydrogen-bond donors (Lipinski definition) is 2. The Bertz CT molecular complexity index is 1120. The van der Waals surface area contributed by atoms with Gasteiger partial charge in [-0.1, -0.05) is 37.5 Å². The molecule has 0 radical (unpaired) electrons. The van der Waals surface area contributed by atoms with Crippen molar-refractivity contribution in [3.63, 3.8) is 0 Å². The normalized spacial score (nSPS) is 17.0. The molecule has 3 N–H and O–H groups in total. The van der Waals surface area contributed by atoms with E-state index in [4.69, 9.17) is 24.7 Å². The maximum absolute atomic E-state index is 12.6. The van der Waals surface area contributed by atoms with Gasteiger partial charge in [0.25, 0.3) is 0 Å². The topological polar surface area (TPSA) is 125 Å². The number of para-hydroxylation sites is 1. The molecule has 2 aliphatic rings. The van der Waals surface area contributed by atoms with Crippen LogP contribution in [0.15, 0.2) is 53.5 Å². The average molecular weight is 525 g/mol. The number of nitrogens with two attached hydrogens (primary N) is 1. The number of hydrogen-bond acceptors (Lipinski definition) is 9. The lowest BCUT2D eigenvalue weighted by Gasteiger charge is -2.40. The van der Waals surface area contributed by atoms with Gasteiger partial charge in [-0.3, -0.25) is 0 Å². The molecule has 10 nitrogen and oxygen atoms in total. The first-order chi connectivity index (χ1) is 18.5. The molecule has 0 saturated heterocycles. The van der Waals surface area contributed by atoms with Crippen LogP contribution in [0.1, 0.15) is 37.7 Å². The van der Waals surface area contributed by atoms with E-state index in [0.29, 0.717) is 18.3 Å². The van der Waals surface area contributed by atoms with Crippen molar-refractivity contribution in [1.82, 2.24) is 10.2 Å². The quantitative estimate of drug-likeness (QED) is 0.445.